The first-order valence-corrected chi connectivity index (χ1v) is 9.04. The highest BCUT2D eigenvalue weighted by atomic mass is 79.9. The largest absolute Gasteiger partial charge is 0.396 e. The van der Waals surface area contributed by atoms with E-state index in [1.807, 2.05) is 0 Å². The lowest BCUT2D eigenvalue weighted by molar-refractivity contribution is 0.264. The molecular formula is C11H16BrNO3S2. The van der Waals surface area contributed by atoms with Crippen LogP contribution in [0.5, 0.6) is 0 Å². The molecule has 1 saturated heterocycles. The molecule has 102 valence electrons. The van der Waals surface area contributed by atoms with Crippen molar-refractivity contribution in [3.05, 3.63) is 15.9 Å². The Morgan fingerprint density at radius 1 is 1.56 bits per heavy atom. The van der Waals surface area contributed by atoms with Gasteiger partial charge in [-0.15, -0.1) is 11.3 Å². The van der Waals surface area contributed by atoms with E-state index in [2.05, 4.69) is 15.9 Å². The molecule has 1 N–H and O–H groups in total. The molecule has 2 rings (SSSR count). The fraction of sp³-hybridized carbons (Fsp3) is 0.636. The Morgan fingerprint density at radius 2 is 2.33 bits per heavy atom. The minimum atomic E-state index is -3.38. The van der Waals surface area contributed by atoms with Crippen LogP contribution in [0.3, 0.4) is 0 Å². The summed E-state index contributed by atoms with van der Waals surface area (Å²) in [5.41, 5.74) is 0. The minimum absolute atomic E-state index is 0.0381. The molecule has 0 amide bonds. The fourth-order valence-corrected chi connectivity index (χ4v) is 6.46. The van der Waals surface area contributed by atoms with Crippen LogP contribution in [0, 0.1) is 0 Å². The highest BCUT2D eigenvalue weighted by Gasteiger charge is 2.36. The van der Waals surface area contributed by atoms with E-state index in [4.69, 9.17) is 5.11 Å². The molecule has 0 radical (unpaired) electrons. The molecule has 0 bridgehead atoms. The van der Waals surface area contributed by atoms with E-state index in [9.17, 15) is 8.42 Å². The third kappa shape index (κ3) is 2.80. The normalized spacial score (nSPS) is 21.6. The van der Waals surface area contributed by atoms with E-state index in [1.54, 1.807) is 15.8 Å². The van der Waals surface area contributed by atoms with Gasteiger partial charge < -0.3 is 5.11 Å². The Bertz CT molecular complexity index is 500. The molecule has 4 nitrogen and oxygen atoms in total. The van der Waals surface area contributed by atoms with Crippen molar-refractivity contribution in [2.75, 3.05) is 13.2 Å². The first-order valence-electron chi connectivity index (χ1n) is 5.93. The molecule has 1 fully saturated rings. The van der Waals surface area contributed by atoms with Gasteiger partial charge in [0.05, 0.1) is 0 Å². The van der Waals surface area contributed by atoms with E-state index >= 15 is 0 Å². The maximum Gasteiger partial charge on any atom is 0.253 e. The summed E-state index contributed by atoms with van der Waals surface area (Å²) in [5.74, 6) is 0. The summed E-state index contributed by atoms with van der Waals surface area (Å²) in [5, 5.41) is 10.6. The lowest BCUT2D eigenvalue weighted by Gasteiger charge is -2.23. The van der Waals surface area contributed by atoms with Gasteiger partial charge in [0.2, 0.25) is 0 Å². The number of halogens is 1. The quantitative estimate of drug-likeness (QED) is 0.884. The second kappa shape index (κ2) is 6.00. The number of rotatable bonds is 5. The Kier molecular flexibility index (Phi) is 4.82. The predicted octanol–water partition coefficient (Wildman–Crippen LogP) is 2.44. The molecule has 0 spiro atoms. The zero-order chi connectivity index (χ0) is 13.2. The highest BCUT2D eigenvalue weighted by Crippen LogP contribution is 2.34. The minimum Gasteiger partial charge on any atom is -0.396 e. The van der Waals surface area contributed by atoms with Crippen LogP contribution >= 0.6 is 27.3 Å². The SMILES string of the molecule is O=S(=O)(c1sccc1Br)N1CCCC1CCCO. The van der Waals surface area contributed by atoms with Crippen LogP contribution in [0.2, 0.25) is 0 Å². The van der Waals surface area contributed by atoms with Crippen molar-refractivity contribution in [2.45, 2.75) is 35.9 Å². The molecule has 7 heteroatoms. The summed E-state index contributed by atoms with van der Waals surface area (Å²) >= 11 is 4.53. The van der Waals surface area contributed by atoms with Gasteiger partial charge in [-0.1, -0.05) is 0 Å². The molecular weight excluding hydrogens is 338 g/mol. The fourth-order valence-electron chi connectivity index (χ4n) is 2.31. The van der Waals surface area contributed by atoms with Crippen LogP contribution < -0.4 is 0 Å². The maximum absolute atomic E-state index is 12.5. The van der Waals surface area contributed by atoms with Crippen molar-refractivity contribution >= 4 is 37.3 Å². The van der Waals surface area contributed by atoms with Gasteiger partial charge in [0.1, 0.15) is 4.21 Å². The summed E-state index contributed by atoms with van der Waals surface area (Å²) < 4.78 is 27.7. The molecule has 1 aromatic heterocycles. The van der Waals surface area contributed by atoms with E-state index in [0.717, 1.165) is 19.3 Å². The Balaban J connectivity index is 2.22. The van der Waals surface area contributed by atoms with E-state index < -0.39 is 10.0 Å². The first-order chi connectivity index (χ1) is 8.57. The van der Waals surface area contributed by atoms with Gasteiger partial charge in [0, 0.05) is 23.7 Å². The van der Waals surface area contributed by atoms with Gasteiger partial charge in [-0.3, -0.25) is 0 Å². The molecule has 1 atom stereocenters. The number of hydrogen-bond donors (Lipinski definition) is 1. The molecule has 1 aromatic rings. The summed E-state index contributed by atoms with van der Waals surface area (Å²) in [6.45, 7) is 0.704. The van der Waals surface area contributed by atoms with Crippen LogP contribution in [0.25, 0.3) is 0 Å². The predicted molar refractivity (Wildman–Crippen MR) is 75.3 cm³/mol. The lowest BCUT2D eigenvalue weighted by atomic mass is 10.1. The topological polar surface area (TPSA) is 57.6 Å². The number of sulfonamides is 1. The van der Waals surface area contributed by atoms with Gasteiger partial charge >= 0.3 is 0 Å². The second-order valence-electron chi connectivity index (χ2n) is 4.33. The third-order valence-electron chi connectivity index (χ3n) is 3.15. The lowest BCUT2D eigenvalue weighted by Crippen LogP contribution is -2.35. The zero-order valence-electron chi connectivity index (χ0n) is 9.88. The van der Waals surface area contributed by atoms with Crippen LogP contribution in [0.1, 0.15) is 25.7 Å². The van der Waals surface area contributed by atoms with Gasteiger partial charge in [0.15, 0.2) is 0 Å². The monoisotopic (exact) mass is 353 g/mol. The third-order valence-corrected chi connectivity index (χ3v) is 7.75. The summed E-state index contributed by atoms with van der Waals surface area (Å²) in [7, 11) is -3.38. The molecule has 0 saturated carbocycles. The van der Waals surface area contributed by atoms with Gasteiger partial charge in [-0.2, -0.15) is 4.31 Å². The number of thiophene rings is 1. The van der Waals surface area contributed by atoms with Crippen LogP contribution in [0.4, 0.5) is 0 Å². The van der Waals surface area contributed by atoms with E-state index in [-0.39, 0.29) is 12.6 Å². The Hall–Kier alpha value is 0.0500. The van der Waals surface area contributed by atoms with E-state index in [0.29, 0.717) is 21.6 Å². The average Bonchev–Trinajstić information content (AvgIpc) is 2.94. The highest BCUT2D eigenvalue weighted by molar-refractivity contribution is 9.10. The molecule has 1 unspecified atom stereocenters. The van der Waals surface area contributed by atoms with Gasteiger partial charge in [-0.05, 0) is 53.1 Å². The molecule has 1 aliphatic heterocycles. The average molecular weight is 354 g/mol. The van der Waals surface area contributed by atoms with Crippen molar-refractivity contribution in [1.82, 2.24) is 4.31 Å². The van der Waals surface area contributed by atoms with Crippen molar-refractivity contribution in [3.63, 3.8) is 0 Å². The number of aliphatic hydroxyl groups is 1. The van der Waals surface area contributed by atoms with Crippen LogP contribution in [-0.4, -0.2) is 37.0 Å². The van der Waals surface area contributed by atoms with Crippen molar-refractivity contribution < 1.29 is 13.5 Å². The molecule has 18 heavy (non-hydrogen) atoms. The summed E-state index contributed by atoms with van der Waals surface area (Å²) in [6, 6.07) is 1.80. The number of nitrogens with zero attached hydrogens (tertiary/aromatic N) is 1. The second-order valence-corrected chi connectivity index (χ2v) is 8.19. The van der Waals surface area contributed by atoms with Crippen molar-refractivity contribution in [2.24, 2.45) is 0 Å². The summed E-state index contributed by atoms with van der Waals surface area (Å²) in [6.07, 6.45) is 3.18. The first kappa shape index (κ1) is 14.5. The van der Waals surface area contributed by atoms with Crippen LogP contribution in [0.15, 0.2) is 20.1 Å². The van der Waals surface area contributed by atoms with Crippen molar-refractivity contribution in [1.29, 1.82) is 0 Å². The number of aliphatic hydroxyl groups excluding tert-OH is 1. The zero-order valence-corrected chi connectivity index (χ0v) is 13.1. The molecule has 2 heterocycles. The van der Waals surface area contributed by atoms with E-state index in [1.165, 1.54) is 11.3 Å². The van der Waals surface area contributed by atoms with Gasteiger partial charge in [0.25, 0.3) is 10.0 Å². The molecule has 0 aliphatic carbocycles. The number of hydrogen-bond acceptors (Lipinski definition) is 4. The van der Waals surface area contributed by atoms with Crippen LogP contribution in [-0.2, 0) is 10.0 Å². The maximum atomic E-state index is 12.5. The standard InChI is InChI=1S/C11H16BrNO3S2/c12-10-5-8-17-11(10)18(15,16)13-6-1-3-9(13)4-2-7-14/h5,8-9,14H,1-4,6-7H2. The molecule has 1 aliphatic rings. The Morgan fingerprint density at radius 3 is 2.94 bits per heavy atom. The smallest absolute Gasteiger partial charge is 0.253 e. The molecule has 0 aromatic carbocycles. The van der Waals surface area contributed by atoms with Gasteiger partial charge in [-0.25, -0.2) is 8.42 Å². The van der Waals surface area contributed by atoms with Crippen molar-refractivity contribution in [3.8, 4) is 0 Å². The summed E-state index contributed by atoms with van der Waals surface area (Å²) in [4.78, 5) is 0. The Labute approximate surface area is 120 Å².